The van der Waals surface area contributed by atoms with Gasteiger partial charge >= 0.3 is 0 Å². The van der Waals surface area contributed by atoms with E-state index >= 15 is 0 Å². The molecule has 0 saturated carbocycles. The Morgan fingerprint density at radius 1 is 1.20 bits per heavy atom. The van der Waals surface area contributed by atoms with Crippen LogP contribution in [0.25, 0.3) is 11.2 Å². The van der Waals surface area contributed by atoms with Gasteiger partial charge in [-0.05, 0) is 63.3 Å². The van der Waals surface area contributed by atoms with Crippen LogP contribution in [0.4, 0.5) is 5.82 Å². The van der Waals surface area contributed by atoms with Crippen LogP contribution in [0, 0.1) is 12.8 Å². The van der Waals surface area contributed by atoms with Gasteiger partial charge in [-0.2, -0.15) is 5.10 Å². The van der Waals surface area contributed by atoms with Gasteiger partial charge in [0.25, 0.3) is 0 Å². The lowest BCUT2D eigenvalue weighted by Gasteiger charge is -2.43. The van der Waals surface area contributed by atoms with E-state index < -0.39 is 0 Å². The number of nitrogens with zero attached hydrogens (tertiary/aromatic N) is 6. The maximum Gasteiger partial charge on any atom is 0.179 e. The van der Waals surface area contributed by atoms with E-state index in [0.717, 1.165) is 60.7 Å². The highest BCUT2D eigenvalue weighted by Crippen LogP contribution is 2.33. The van der Waals surface area contributed by atoms with Gasteiger partial charge in [-0.1, -0.05) is 36.2 Å². The second kappa shape index (κ2) is 10.8. The van der Waals surface area contributed by atoms with Crippen LogP contribution in [0.3, 0.4) is 0 Å². The number of benzene rings is 1. The lowest BCUT2D eigenvalue weighted by Crippen LogP contribution is -2.52. The molecule has 0 amide bonds. The Labute approximate surface area is 222 Å². The van der Waals surface area contributed by atoms with Crippen LogP contribution in [0.15, 0.2) is 24.4 Å². The largest absolute Gasteiger partial charge is 0.395 e. The first-order valence-electron chi connectivity index (χ1n) is 12.2. The molecule has 35 heavy (non-hydrogen) atoms. The molecule has 2 saturated heterocycles. The summed E-state index contributed by atoms with van der Waals surface area (Å²) in [5.74, 6) is 1.37. The van der Waals surface area contributed by atoms with Gasteiger partial charge in [-0.3, -0.25) is 4.90 Å². The molecule has 3 aromatic rings. The first kappa shape index (κ1) is 26.4. The zero-order valence-corrected chi connectivity index (χ0v) is 22.7. The number of rotatable bonds is 5. The third-order valence-electron chi connectivity index (χ3n) is 7.58. The number of aliphatic hydroxyl groups excluding tert-OH is 1. The molecule has 7 nitrogen and oxygen atoms in total. The molecule has 2 aromatic heterocycles. The van der Waals surface area contributed by atoms with Gasteiger partial charge in [0.15, 0.2) is 5.65 Å². The minimum absolute atomic E-state index is 0. The van der Waals surface area contributed by atoms with Gasteiger partial charge in [-0.25, -0.2) is 14.6 Å². The van der Waals surface area contributed by atoms with Crippen LogP contribution >= 0.6 is 35.6 Å². The van der Waals surface area contributed by atoms with Gasteiger partial charge < -0.3 is 10.0 Å². The van der Waals surface area contributed by atoms with E-state index in [1.54, 1.807) is 6.07 Å². The Morgan fingerprint density at radius 2 is 2.00 bits per heavy atom. The quantitative estimate of drug-likeness (QED) is 0.484. The predicted molar refractivity (Wildman–Crippen MR) is 144 cm³/mol. The van der Waals surface area contributed by atoms with E-state index in [1.807, 2.05) is 29.9 Å². The molecule has 2 aliphatic rings. The Bertz CT molecular complexity index is 1190. The van der Waals surface area contributed by atoms with E-state index in [1.165, 1.54) is 6.42 Å². The van der Waals surface area contributed by atoms with Gasteiger partial charge in [0.2, 0.25) is 0 Å². The predicted octanol–water partition coefficient (Wildman–Crippen LogP) is 5.14. The molecule has 0 radical (unpaired) electrons. The summed E-state index contributed by atoms with van der Waals surface area (Å²) in [7, 11) is 0. The Hall–Kier alpha value is -1.64. The van der Waals surface area contributed by atoms with Gasteiger partial charge in [0.1, 0.15) is 11.3 Å². The number of fused-ring (bicyclic) bond motifs is 1. The number of hydrogen-bond donors (Lipinski definition) is 1. The molecule has 0 aliphatic carbocycles. The normalized spacial score (nSPS) is 24.1. The van der Waals surface area contributed by atoms with Crippen LogP contribution in [0.5, 0.6) is 0 Å². The van der Waals surface area contributed by atoms with Crippen molar-refractivity contribution in [3.05, 3.63) is 45.7 Å². The van der Waals surface area contributed by atoms with Gasteiger partial charge in [0, 0.05) is 35.2 Å². The lowest BCUT2D eigenvalue weighted by molar-refractivity contribution is 0.0800. The number of likely N-dealkylation sites (tertiary alicyclic amines) is 1. The van der Waals surface area contributed by atoms with Crippen molar-refractivity contribution in [1.29, 1.82) is 0 Å². The smallest absolute Gasteiger partial charge is 0.179 e. The fourth-order valence-electron chi connectivity index (χ4n) is 5.76. The van der Waals surface area contributed by atoms with E-state index in [-0.39, 0.29) is 25.1 Å². The number of aryl methyl sites for hydroxylation is 1. The van der Waals surface area contributed by atoms with E-state index in [0.29, 0.717) is 28.0 Å². The topological polar surface area (TPSA) is 70.3 Å². The van der Waals surface area contributed by atoms with Gasteiger partial charge in [0.05, 0.1) is 24.5 Å². The fourth-order valence-corrected chi connectivity index (χ4v) is 6.33. The number of hydrogen-bond acceptors (Lipinski definition) is 6. The molecular formula is C25H33Cl3N6O. The summed E-state index contributed by atoms with van der Waals surface area (Å²) in [6.45, 7) is 9.54. The van der Waals surface area contributed by atoms with Crippen LogP contribution in [0.1, 0.15) is 50.4 Å². The maximum atomic E-state index is 9.78. The Kier molecular flexibility index (Phi) is 8.13. The molecule has 1 unspecified atom stereocenters. The zero-order valence-electron chi connectivity index (χ0n) is 20.4. The Morgan fingerprint density at radius 3 is 2.71 bits per heavy atom. The molecule has 190 valence electrons. The third-order valence-corrected chi connectivity index (χ3v) is 8.14. The molecule has 2 fully saturated rings. The standard InChI is InChI=1S/C25H32Cl2N6O.ClH/c1-15-13-31(10-8-22(15)32-9-4-5-19(32)14-34)23-12-28-24-16(2)30-33(25(24)29-23)17(3)20-7-6-18(26)11-21(20)27;/h6-7,11-12,15,17,19,22,34H,4-5,8-10,13-14H2,1-3H3;1H/t15-,17?,19-,22+;/m0./s1. The van der Waals surface area contributed by atoms with Crippen molar-refractivity contribution >= 4 is 52.6 Å². The highest BCUT2D eigenvalue weighted by molar-refractivity contribution is 6.35. The third kappa shape index (κ3) is 4.98. The summed E-state index contributed by atoms with van der Waals surface area (Å²) in [5.41, 5.74) is 3.37. The SMILES string of the molecule is Cc1nn(C(C)c2ccc(Cl)cc2Cl)c2nc(N3CC[C@@H](N4CCC[C@H]4CO)[C@@H](C)C3)cnc12.Cl. The summed E-state index contributed by atoms with van der Waals surface area (Å²) < 4.78 is 1.92. The minimum atomic E-state index is -0.110. The van der Waals surface area contributed by atoms with Crippen molar-refractivity contribution in [1.82, 2.24) is 24.6 Å². The van der Waals surface area contributed by atoms with Crippen LogP contribution in [-0.2, 0) is 0 Å². The molecule has 5 rings (SSSR count). The second-order valence-corrected chi connectivity index (χ2v) is 10.6. The molecule has 4 atom stereocenters. The monoisotopic (exact) mass is 538 g/mol. The highest BCUT2D eigenvalue weighted by atomic mass is 35.5. The summed E-state index contributed by atoms with van der Waals surface area (Å²) >= 11 is 12.6. The molecule has 0 spiro atoms. The minimum Gasteiger partial charge on any atom is -0.395 e. The number of aromatic nitrogens is 4. The van der Waals surface area contributed by atoms with Crippen molar-refractivity contribution < 1.29 is 5.11 Å². The molecule has 0 bridgehead atoms. The lowest BCUT2D eigenvalue weighted by atomic mass is 9.92. The second-order valence-electron chi connectivity index (χ2n) is 9.77. The van der Waals surface area contributed by atoms with E-state index in [4.69, 9.17) is 38.3 Å². The van der Waals surface area contributed by atoms with Crippen molar-refractivity contribution in [3.63, 3.8) is 0 Å². The first-order chi connectivity index (χ1) is 16.4. The number of piperidine rings is 1. The van der Waals surface area contributed by atoms with Crippen LogP contribution in [-0.4, -0.2) is 68.1 Å². The van der Waals surface area contributed by atoms with Crippen LogP contribution < -0.4 is 4.90 Å². The summed E-state index contributed by atoms with van der Waals surface area (Å²) in [6.07, 6.45) is 5.22. The van der Waals surface area contributed by atoms with Crippen LogP contribution in [0.2, 0.25) is 10.0 Å². The molecule has 10 heteroatoms. The average Bonchev–Trinajstić information content (AvgIpc) is 3.42. The van der Waals surface area contributed by atoms with Crippen molar-refractivity contribution in [2.75, 3.05) is 31.1 Å². The summed E-state index contributed by atoms with van der Waals surface area (Å²) in [4.78, 5) is 14.7. The molecular weight excluding hydrogens is 507 g/mol. The number of anilines is 1. The van der Waals surface area contributed by atoms with Gasteiger partial charge in [-0.15, -0.1) is 12.4 Å². The Balaban J connectivity index is 0.00000289. The maximum absolute atomic E-state index is 9.78. The zero-order chi connectivity index (χ0) is 24.0. The fraction of sp³-hybridized carbons (Fsp3) is 0.560. The number of halogens is 3. The van der Waals surface area contributed by atoms with Crippen molar-refractivity contribution in [3.8, 4) is 0 Å². The molecule has 4 heterocycles. The summed E-state index contributed by atoms with van der Waals surface area (Å²) in [6, 6.07) is 6.27. The van der Waals surface area contributed by atoms with E-state index in [9.17, 15) is 5.11 Å². The average molecular weight is 540 g/mol. The summed E-state index contributed by atoms with van der Waals surface area (Å²) in [5, 5.41) is 15.8. The molecule has 1 aromatic carbocycles. The number of aliphatic hydroxyl groups is 1. The molecule has 2 aliphatic heterocycles. The molecule has 1 N–H and O–H groups in total. The van der Waals surface area contributed by atoms with Crippen molar-refractivity contribution in [2.24, 2.45) is 5.92 Å². The van der Waals surface area contributed by atoms with Crippen molar-refractivity contribution in [2.45, 2.75) is 58.2 Å². The van der Waals surface area contributed by atoms with E-state index in [2.05, 4.69) is 23.6 Å². The highest BCUT2D eigenvalue weighted by Gasteiger charge is 2.36. The first-order valence-corrected chi connectivity index (χ1v) is 12.9.